The standard InChI is InChI=1S/C21H24FN5O2/c1-2-9-23-21(29)16-7-8-19(24-14-16)27-12-10-26(11-13-27)15-20(28)25-18-6-4-3-5-17(18)22/h2-8,14H,1,9-13,15H2,(H,23,29)(H,25,28). The maximum atomic E-state index is 13.6. The summed E-state index contributed by atoms with van der Waals surface area (Å²) in [5.74, 6) is -0.0784. The summed E-state index contributed by atoms with van der Waals surface area (Å²) in [5.41, 5.74) is 0.691. The van der Waals surface area contributed by atoms with Gasteiger partial charge in [0.05, 0.1) is 17.8 Å². The molecule has 29 heavy (non-hydrogen) atoms. The Kier molecular flexibility index (Phi) is 6.91. The van der Waals surface area contributed by atoms with Crippen LogP contribution in [0.25, 0.3) is 0 Å². The maximum absolute atomic E-state index is 13.6. The van der Waals surface area contributed by atoms with E-state index in [4.69, 9.17) is 0 Å². The minimum Gasteiger partial charge on any atom is -0.354 e. The number of amides is 2. The van der Waals surface area contributed by atoms with Gasteiger partial charge in [0.1, 0.15) is 11.6 Å². The van der Waals surface area contributed by atoms with E-state index in [0.29, 0.717) is 38.3 Å². The van der Waals surface area contributed by atoms with Crippen molar-refractivity contribution in [3.05, 3.63) is 66.6 Å². The average Bonchev–Trinajstić information content (AvgIpc) is 2.74. The van der Waals surface area contributed by atoms with Crippen LogP contribution >= 0.6 is 0 Å². The lowest BCUT2D eigenvalue weighted by Crippen LogP contribution is -2.49. The lowest BCUT2D eigenvalue weighted by molar-refractivity contribution is -0.117. The lowest BCUT2D eigenvalue weighted by atomic mass is 10.2. The second-order valence-corrected chi connectivity index (χ2v) is 6.69. The van der Waals surface area contributed by atoms with E-state index in [1.165, 1.54) is 12.1 Å². The van der Waals surface area contributed by atoms with Crippen molar-refractivity contribution in [2.45, 2.75) is 0 Å². The zero-order chi connectivity index (χ0) is 20.6. The molecule has 1 aromatic heterocycles. The van der Waals surface area contributed by atoms with Gasteiger partial charge in [0.15, 0.2) is 0 Å². The number of piperazine rings is 1. The smallest absolute Gasteiger partial charge is 0.253 e. The summed E-state index contributed by atoms with van der Waals surface area (Å²) >= 11 is 0. The number of carbonyl (C=O) groups is 2. The highest BCUT2D eigenvalue weighted by atomic mass is 19.1. The quantitative estimate of drug-likeness (QED) is 0.698. The highest BCUT2D eigenvalue weighted by Gasteiger charge is 2.20. The first-order chi connectivity index (χ1) is 14.1. The van der Waals surface area contributed by atoms with E-state index in [2.05, 4.69) is 27.1 Å². The van der Waals surface area contributed by atoms with E-state index < -0.39 is 5.82 Å². The molecule has 2 N–H and O–H groups in total. The summed E-state index contributed by atoms with van der Waals surface area (Å²) in [5, 5.41) is 5.32. The molecule has 7 nitrogen and oxygen atoms in total. The Balaban J connectivity index is 1.47. The molecule has 1 saturated heterocycles. The molecule has 2 amide bonds. The molecule has 0 atom stereocenters. The van der Waals surface area contributed by atoms with Crippen LogP contribution in [0.2, 0.25) is 0 Å². The number of benzene rings is 1. The molecular weight excluding hydrogens is 373 g/mol. The third-order valence-electron chi connectivity index (χ3n) is 4.63. The van der Waals surface area contributed by atoms with E-state index in [-0.39, 0.29) is 24.0 Å². The highest BCUT2D eigenvalue weighted by Crippen LogP contribution is 2.15. The zero-order valence-corrected chi connectivity index (χ0v) is 16.1. The first-order valence-electron chi connectivity index (χ1n) is 9.43. The van der Waals surface area contributed by atoms with Crippen molar-refractivity contribution in [2.75, 3.05) is 49.5 Å². The van der Waals surface area contributed by atoms with E-state index in [9.17, 15) is 14.0 Å². The van der Waals surface area contributed by atoms with Gasteiger partial charge in [-0.2, -0.15) is 0 Å². The van der Waals surface area contributed by atoms with Gasteiger partial charge in [-0.05, 0) is 24.3 Å². The van der Waals surface area contributed by atoms with E-state index >= 15 is 0 Å². The molecule has 0 aliphatic carbocycles. The zero-order valence-electron chi connectivity index (χ0n) is 16.1. The predicted molar refractivity (Wildman–Crippen MR) is 110 cm³/mol. The molecule has 0 radical (unpaired) electrons. The third-order valence-corrected chi connectivity index (χ3v) is 4.63. The summed E-state index contributed by atoms with van der Waals surface area (Å²) in [6, 6.07) is 9.68. The monoisotopic (exact) mass is 397 g/mol. The van der Waals surface area contributed by atoms with Crippen LogP contribution in [0, 0.1) is 5.82 Å². The third kappa shape index (κ3) is 5.61. The second-order valence-electron chi connectivity index (χ2n) is 6.69. The molecule has 0 spiro atoms. The van der Waals surface area contributed by atoms with Crippen molar-refractivity contribution < 1.29 is 14.0 Å². The Bertz CT molecular complexity index is 864. The number of anilines is 2. The van der Waals surface area contributed by atoms with Crippen LogP contribution in [0.3, 0.4) is 0 Å². The van der Waals surface area contributed by atoms with Crippen molar-refractivity contribution >= 4 is 23.3 Å². The minimum absolute atomic E-state index is 0.186. The van der Waals surface area contributed by atoms with Gasteiger partial charge in [0, 0.05) is 38.9 Å². The van der Waals surface area contributed by atoms with Crippen LogP contribution in [0.15, 0.2) is 55.3 Å². The molecule has 8 heteroatoms. The molecule has 3 rings (SSSR count). The summed E-state index contributed by atoms with van der Waals surface area (Å²) in [7, 11) is 0. The molecule has 1 aromatic carbocycles. The number of nitrogens with zero attached hydrogens (tertiary/aromatic N) is 3. The van der Waals surface area contributed by atoms with Crippen LogP contribution in [0.4, 0.5) is 15.9 Å². The van der Waals surface area contributed by atoms with Gasteiger partial charge < -0.3 is 15.5 Å². The molecule has 0 saturated carbocycles. The highest BCUT2D eigenvalue weighted by molar-refractivity contribution is 5.94. The van der Waals surface area contributed by atoms with Crippen molar-refractivity contribution in [3.8, 4) is 0 Å². The summed E-state index contributed by atoms with van der Waals surface area (Å²) in [6.07, 6.45) is 3.18. The first-order valence-corrected chi connectivity index (χ1v) is 9.43. The number of para-hydroxylation sites is 1. The van der Waals surface area contributed by atoms with Crippen molar-refractivity contribution in [2.24, 2.45) is 0 Å². The number of rotatable bonds is 7. The topological polar surface area (TPSA) is 77.6 Å². The van der Waals surface area contributed by atoms with E-state index in [1.807, 2.05) is 11.0 Å². The Morgan fingerprint density at radius 2 is 1.90 bits per heavy atom. The van der Waals surface area contributed by atoms with Crippen LogP contribution in [0.1, 0.15) is 10.4 Å². The number of carbonyl (C=O) groups excluding carboxylic acids is 2. The van der Waals surface area contributed by atoms with Crippen molar-refractivity contribution in [3.63, 3.8) is 0 Å². The van der Waals surface area contributed by atoms with Gasteiger partial charge in [-0.1, -0.05) is 18.2 Å². The molecule has 1 aliphatic rings. The van der Waals surface area contributed by atoms with Gasteiger partial charge in [0.2, 0.25) is 5.91 Å². The molecule has 0 unspecified atom stereocenters. The number of hydrogen-bond donors (Lipinski definition) is 2. The SMILES string of the molecule is C=CCNC(=O)c1ccc(N2CCN(CC(=O)Nc3ccccc3F)CC2)nc1. The lowest BCUT2D eigenvalue weighted by Gasteiger charge is -2.35. The van der Waals surface area contributed by atoms with Crippen LogP contribution in [-0.2, 0) is 4.79 Å². The molecule has 1 fully saturated rings. The fourth-order valence-electron chi connectivity index (χ4n) is 3.06. The minimum atomic E-state index is -0.446. The Morgan fingerprint density at radius 3 is 2.55 bits per heavy atom. The molecule has 2 heterocycles. The summed E-state index contributed by atoms with van der Waals surface area (Å²) in [6.45, 7) is 6.98. The number of halogens is 1. The number of hydrogen-bond acceptors (Lipinski definition) is 5. The summed E-state index contributed by atoms with van der Waals surface area (Å²) < 4.78 is 13.6. The van der Waals surface area contributed by atoms with E-state index in [1.54, 1.807) is 30.5 Å². The van der Waals surface area contributed by atoms with Gasteiger partial charge in [-0.25, -0.2) is 9.37 Å². The molecule has 0 bridgehead atoms. The molecular formula is C21H24FN5O2. The fourth-order valence-corrected chi connectivity index (χ4v) is 3.06. The van der Waals surface area contributed by atoms with Crippen LogP contribution in [-0.4, -0.2) is 61.0 Å². The molecule has 2 aromatic rings. The molecule has 1 aliphatic heterocycles. The van der Waals surface area contributed by atoms with Crippen molar-refractivity contribution in [1.82, 2.24) is 15.2 Å². The number of pyridine rings is 1. The fraction of sp³-hybridized carbons (Fsp3) is 0.286. The maximum Gasteiger partial charge on any atom is 0.253 e. The number of aromatic nitrogens is 1. The van der Waals surface area contributed by atoms with Gasteiger partial charge in [-0.3, -0.25) is 14.5 Å². The average molecular weight is 397 g/mol. The largest absolute Gasteiger partial charge is 0.354 e. The summed E-state index contributed by atoms with van der Waals surface area (Å²) in [4.78, 5) is 32.6. The number of nitrogens with one attached hydrogen (secondary N) is 2. The van der Waals surface area contributed by atoms with Gasteiger partial charge in [-0.15, -0.1) is 6.58 Å². The van der Waals surface area contributed by atoms with Crippen molar-refractivity contribution in [1.29, 1.82) is 0 Å². The Morgan fingerprint density at radius 1 is 1.14 bits per heavy atom. The second kappa shape index (κ2) is 9.79. The first kappa shape index (κ1) is 20.5. The Hall–Kier alpha value is -3.26. The van der Waals surface area contributed by atoms with Crippen LogP contribution in [0.5, 0.6) is 0 Å². The molecule has 152 valence electrons. The predicted octanol–water partition coefficient (Wildman–Crippen LogP) is 1.90. The van der Waals surface area contributed by atoms with Gasteiger partial charge in [0.25, 0.3) is 5.91 Å². The normalized spacial score (nSPS) is 14.3. The Labute approximate surface area is 169 Å². The van der Waals surface area contributed by atoms with Crippen LogP contribution < -0.4 is 15.5 Å². The van der Waals surface area contributed by atoms with Gasteiger partial charge >= 0.3 is 0 Å². The van der Waals surface area contributed by atoms with E-state index in [0.717, 1.165) is 5.82 Å².